The van der Waals surface area contributed by atoms with Gasteiger partial charge in [0.1, 0.15) is 18.1 Å². The molecule has 0 aliphatic rings. The van der Waals surface area contributed by atoms with Gasteiger partial charge in [-0.05, 0) is 24.3 Å². The Hall–Kier alpha value is -1.90. The lowest BCUT2D eigenvalue weighted by Gasteiger charge is -2.05. The van der Waals surface area contributed by atoms with E-state index < -0.39 is 0 Å². The zero-order valence-electron chi connectivity index (χ0n) is 10.8. The number of hydrogen-bond donors (Lipinski definition) is 0. The molecule has 3 nitrogen and oxygen atoms in total. The Bertz CT molecular complexity index is 430. The average Bonchev–Trinajstić information content (AvgIpc) is 2.36. The van der Waals surface area contributed by atoms with Crippen molar-refractivity contribution in [3.63, 3.8) is 0 Å². The van der Waals surface area contributed by atoms with Crippen molar-refractivity contribution < 1.29 is 14.3 Å². The van der Waals surface area contributed by atoms with E-state index in [1.165, 1.54) is 0 Å². The molecule has 1 rings (SSSR count). The summed E-state index contributed by atoms with van der Waals surface area (Å²) < 4.78 is 5.31. The van der Waals surface area contributed by atoms with Gasteiger partial charge in [0, 0.05) is 11.5 Å². The molecule has 1 aromatic rings. The molecule has 0 saturated heterocycles. The van der Waals surface area contributed by atoms with Crippen molar-refractivity contribution in [2.75, 3.05) is 6.61 Å². The second-order valence-corrected chi connectivity index (χ2v) is 4.35. The molecule has 0 fully saturated rings. The van der Waals surface area contributed by atoms with Crippen molar-refractivity contribution in [3.05, 3.63) is 42.5 Å². The first-order valence-corrected chi connectivity index (χ1v) is 5.94. The third kappa shape index (κ3) is 4.17. The van der Waals surface area contributed by atoms with Crippen LogP contribution in [-0.2, 0) is 4.79 Å². The van der Waals surface area contributed by atoms with E-state index in [1.807, 2.05) is 0 Å². The summed E-state index contributed by atoms with van der Waals surface area (Å²) in [4.78, 5) is 23.3. The van der Waals surface area contributed by atoms with Gasteiger partial charge in [0.25, 0.3) is 0 Å². The molecule has 1 aromatic carbocycles. The van der Waals surface area contributed by atoms with Crippen LogP contribution in [0.15, 0.2) is 36.9 Å². The van der Waals surface area contributed by atoms with Gasteiger partial charge in [0.15, 0.2) is 5.78 Å². The maximum absolute atomic E-state index is 11.8. The van der Waals surface area contributed by atoms with E-state index in [4.69, 9.17) is 4.74 Å². The summed E-state index contributed by atoms with van der Waals surface area (Å²) in [5, 5.41) is 0. The van der Waals surface area contributed by atoms with Crippen molar-refractivity contribution >= 4 is 11.6 Å². The molecule has 0 spiro atoms. The Labute approximate surface area is 107 Å². The summed E-state index contributed by atoms with van der Waals surface area (Å²) in [6, 6.07) is 6.79. The maximum Gasteiger partial charge on any atom is 0.170 e. The highest BCUT2D eigenvalue weighted by Crippen LogP contribution is 2.14. The molecule has 96 valence electrons. The lowest BCUT2D eigenvalue weighted by molar-refractivity contribution is -0.121. The quantitative estimate of drug-likeness (QED) is 0.422. The first kappa shape index (κ1) is 14.2. The predicted molar refractivity (Wildman–Crippen MR) is 70.9 cm³/mol. The Kier molecular flexibility index (Phi) is 5.31. The number of benzene rings is 1. The zero-order chi connectivity index (χ0) is 13.5. The number of carbonyl (C=O) groups excluding carboxylic acids is 2. The van der Waals surface area contributed by atoms with Crippen LogP contribution in [0.2, 0.25) is 0 Å². The molecule has 0 bridgehead atoms. The minimum atomic E-state index is -0.149. The fourth-order valence-corrected chi connectivity index (χ4v) is 1.36. The summed E-state index contributed by atoms with van der Waals surface area (Å²) in [5.74, 6) is 0.390. The molecule has 0 N–H and O–H groups in total. The van der Waals surface area contributed by atoms with E-state index in [9.17, 15) is 9.59 Å². The van der Waals surface area contributed by atoms with Crippen LogP contribution < -0.4 is 4.74 Å². The average molecular weight is 246 g/mol. The summed E-state index contributed by atoms with van der Waals surface area (Å²) in [6.07, 6.45) is 1.62. The van der Waals surface area contributed by atoms with Crippen LogP contribution in [0.4, 0.5) is 0 Å². The molecule has 0 heterocycles. The second-order valence-electron chi connectivity index (χ2n) is 4.35. The van der Waals surface area contributed by atoms with Crippen LogP contribution in [0.1, 0.15) is 30.6 Å². The van der Waals surface area contributed by atoms with Gasteiger partial charge < -0.3 is 4.74 Å². The topological polar surface area (TPSA) is 43.4 Å². The highest BCUT2D eigenvalue weighted by Gasteiger charge is 2.14. The van der Waals surface area contributed by atoms with Gasteiger partial charge in [-0.25, -0.2) is 0 Å². The summed E-state index contributed by atoms with van der Waals surface area (Å²) >= 11 is 0. The van der Waals surface area contributed by atoms with Crippen molar-refractivity contribution in [2.24, 2.45) is 5.92 Å². The van der Waals surface area contributed by atoms with Crippen molar-refractivity contribution in [2.45, 2.75) is 20.3 Å². The van der Waals surface area contributed by atoms with Crippen molar-refractivity contribution in [3.8, 4) is 5.75 Å². The number of rotatable bonds is 7. The molecular formula is C15H18O3. The molecule has 0 atom stereocenters. The van der Waals surface area contributed by atoms with Crippen LogP contribution >= 0.6 is 0 Å². The molecule has 0 amide bonds. The lowest BCUT2D eigenvalue weighted by Crippen LogP contribution is -2.13. The Morgan fingerprint density at radius 1 is 1.28 bits per heavy atom. The third-order valence-electron chi connectivity index (χ3n) is 2.52. The first-order valence-electron chi connectivity index (χ1n) is 5.94. The van der Waals surface area contributed by atoms with Crippen LogP contribution in [-0.4, -0.2) is 18.2 Å². The van der Waals surface area contributed by atoms with Gasteiger partial charge >= 0.3 is 0 Å². The highest BCUT2D eigenvalue weighted by atomic mass is 16.5. The molecule has 0 aromatic heterocycles. The first-order chi connectivity index (χ1) is 8.54. The normalized spacial score (nSPS) is 10.2. The molecule has 0 radical (unpaired) electrons. The number of ketones is 2. The molecule has 0 unspecified atom stereocenters. The van der Waals surface area contributed by atoms with E-state index in [1.54, 1.807) is 44.2 Å². The summed E-state index contributed by atoms with van der Waals surface area (Å²) in [6.45, 7) is 7.57. The van der Waals surface area contributed by atoms with Crippen molar-refractivity contribution in [1.82, 2.24) is 0 Å². The van der Waals surface area contributed by atoms with E-state index in [0.29, 0.717) is 17.9 Å². The minimum absolute atomic E-state index is 0.0352. The number of ether oxygens (including phenoxy) is 1. The number of hydrogen-bond acceptors (Lipinski definition) is 3. The summed E-state index contributed by atoms with van der Waals surface area (Å²) in [7, 11) is 0. The SMILES string of the molecule is C=CCOc1ccc(C(=O)CC(=O)C(C)C)cc1. The molecule has 3 heteroatoms. The smallest absolute Gasteiger partial charge is 0.170 e. The van der Waals surface area contributed by atoms with E-state index in [-0.39, 0.29) is 23.9 Å². The minimum Gasteiger partial charge on any atom is -0.490 e. The third-order valence-corrected chi connectivity index (χ3v) is 2.52. The molecule has 18 heavy (non-hydrogen) atoms. The van der Waals surface area contributed by atoms with E-state index in [2.05, 4.69) is 6.58 Å². The number of carbonyl (C=O) groups is 2. The van der Waals surface area contributed by atoms with Crippen LogP contribution in [0.5, 0.6) is 5.75 Å². The lowest BCUT2D eigenvalue weighted by atomic mass is 10.00. The Morgan fingerprint density at radius 3 is 2.39 bits per heavy atom. The predicted octanol–water partition coefficient (Wildman–Crippen LogP) is 3.05. The summed E-state index contributed by atoms with van der Waals surface area (Å²) in [5.41, 5.74) is 0.537. The standard InChI is InChI=1S/C15H18O3/c1-4-9-18-13-7-5-12(6-8-13)15(17)10-14(16)11(2)3/h4-8,11H,1,9-10H2,2-3H3. The van der Waals surface area contributed by atoms with E-state index in [0.717, 1.165) is 0 Å². The fourth-order valence-electron chi connectivity index (χ4n) is 1.36. The highest BCUT2D eigenvalue weighted by molar-refractivity contribution is 6.08. The van der Waals surface area contributed by atoms with Gasteiger partial charge in [-0.3, -0.25) is 9.59 Å². The van der Waals surface area contributed by atoms with Crippen LogP contribution in [0.25, 0.3) is 0 Å². The maximum atomic E-state index is 11.8. The zero-order valence-corrected chi connectivity index (χ0v) is 10.8. The largest absolute Gasteiger partial charge is 0.490 e. The van der Waals surface area contributed by atoms with Gasteiger partial charge in [-0.15, -0.1) is 0 Å². The van der Waals surface area contributed by atoms with Crippen LogP contribution in [0.3, 0.4) is 0 Å². The second kappa shape index (κ2) is 6.74. The molecule has 0 saturated carbocycles. The van der Waals surface area contributed by atoms with Crippen LogP contribution in [0, 0.1) is 5.92 Å². The molecule has 0 aliphatic carbocycles. The van der Waals surface area contributed by atoms with E-state index >= 15 is 0 Å². The molecule has 0 aliphatic heterocycles. The van der Waals surface area contributed by atoms with Gasteiger partial charge in [-0.2, -0.15) is 0 Å². The monoisotopic (exact) mass is 246 g/mol. The molecular weight excluding hydrogens is 228 g/mol. The van der Waals surface area contributed by atoms with Gasteiger partial charge in [-0.1, -0.05) is 26.5 Å². The number of Topliss-reactive ketones (excluding diaryl/α,β-unsaturated/α-hetero) is 2. The van der Waals surface area contributed by atoms with Crippen molar-refractivity contribution in [1.29, 1.82) is 0 Å². The fraction of sp³-hybridized carbons (Fsp3) is 0.333. The van der Waals surface area contributed by atoms with Gasteiger partial charge in [0.2, 0.25) is 0 Å². The Balaban J connectivity index is 2.64. The van der Waals surface area contributed by atoms with Gasteiger partial charge in [0.05, 0.1) is 6.42 Å². The Morgan fingerprint density at radius 2 is 1.89 bits per heavy atom.